The SMILES string of the molecule is CC(C)CC(NC(=O)C(C)NC(=O)C(CC(C)C)NC(=O)C1CCCN1)C(=O)NCC(=O)O. The Labute approximate surface area is 195 Å². The second-order valence-electron chi connectivity index (χ2n) is 9.37. The van der Waals surface area contributed by atoms with Gasteiger partial charge >= 0.3 is 5.97 Å². The van der Waals surface area contributed by atoms with Crippen molar-refractivity contribution in [2.24, 2.45) is 11.8 Å². The van der Waals surface area contributed by atoms with Crippen LogP contribution in [0.4, 0.5) is 0 Å². The molecule has 0 spiro atoms. The van der Waals surface area contributed by atoms with Gasteiger partial charge in [-0.1, -0.05) is 27.7 Å². The van der Waals surface area contributed by atoms with Crippen molar-refractivity contribution in [3.8, 4) is 0 Å². The summed E-state index contributed by atoms with van der Waals surface area (Å²) in [5, 5.41) is 22.1. The Balaban J connectivity index is 2.75. The Morgan fingerprint density at radius 2 is 1.42 bits per heavy atom. The summed E-state index contributed by atoms with van der Waals surface area (Å²) in [5.74, 6) is -2.89. The molecule has 1 saturated heterocycles. The van der Waals surface area contributed by atoms with Crippen LogP contribution in [-0.4, -0.2) is 72.0 Å². The number of hydrogen-bond acceptors (Lipinski definition) is 6. The molecule has 0 bridgehead atoms. The van der Waals surface area contributed by atoms with Crippen LogP contribution in [0.1, 0.15) is 60.3 Å². The summed E-state index contributed by atoms with van der Waals surface area (Å²) in [6.45, 7) is 9.29. The number of nitrogens with one attached hydrogen (secondary N) is 5. The van der Waals surface area contributed by atoms with Gasteiger partial charge < -0.3 is 31.7 Å². The standard InChI is InChI=1S/C22H39N5O6/c1-12(2)9-16(20(31)24-11-18(28)29)26-19(30)14(5)25-22(33)17(10-13(3)4)27-21(32)15-7-6-8-23-15/h12-17,23H,6-11H2,1-5H3,(H,24,31)(H,25,33)(H,26,30)(H,27,32)(H,28,29). The topological polar surface area (TPSA) is 166 Å². The predicted octanol–water partition coefficient (Wildman–Crippen LogP) is -0.494. The number of carboxylic acid groups (broad SMARTS) is 1. The van der Waals surface area contributed by atoms with E-state index in [0.717, 1.165) is 13.0 Å². The summed E-state index contributed by atoms with van der Waals surface area (Å²) in [5.41, 5.74) is 0. The molecule has 0 aromatic heterocycles. The number of aliphatic carboxylic acids is 1. The molecule has 11 heteroatoms. The van der Waals surface area contributed by atoms with Gasteiger partial charge in [0.2, 0.25) is 23.6 Å². The molecule has 0 saturated carbocycles. The van der Waals surface area contributed by atoms with E-state index in [4.69, 9.17) is 5.11 Å². The van der Waals surface area contributed by atoms with Crippen molar-refractivity contribution in [2.45, 2.75) is 84.5 Å². The van der Waals surface area contributed by atoms with E-state index in [9.17, 15) is 24.0 Å². The Morgan fingerprint density at radius 1 is 0.848 bits per heavy atom. The van der Waals surface area contributed by atoms with Crippen LogP contribution in [0, 0.1) is 11.8 Å². The average Bonchev–Trinajstić information content (AvgIpc) is 3.25. The number of carbonyl (C=O) groups is 5. The van der Waals surface area contributed by atoms with E-state index in [1.165, 1.54) is 6.92 Å². The van der Waals surface area contributed by atoms with Gasteiger partial charge in [0.05, 0.1) is 6.04 Å². The monoisotopic (exact) mass is 469 g/mol. The Hall–Kier alpha value is -2.69. The van der Waals surface area contributed by atoms with E-state index in [-0.39, 0.29) is 23.8 Å². The molecule has 1 aliphatic rings. The minimum Gasteiger partial charge on any atom is -0.480 e. The number of hydrogen-bond donors (Lipinski definition) is 6. The minimum absolute atomic E-state index is 0.0607. The van der Waals surface area contributed by atoms with Crippen LogP contribution in [-0.2, 0) is 24.0 Å². The first kappa shape index (κ1) is 28.3. The molecule has 4 atom stereocenters. The van der Waals surface area contributed by atoms with Crippen molar-refractivity contribution < 1.29 is 29.1 Å². The van der Waals surface area contributed by atoms with Gasteiger partial charge in [0.1, 0.15) is 24.7 Å². The minimum atomic E-state index is -1.19. The third kappa shape index (κ3) is 10.6. The lowest BCUT2D eigenvalue weighted by molar-refractivity contribution is -0.138. The number of carboxylic acids is 1. The molecule has 11 nitrogen and oxygen atoms in total. The third-order valence-corrected chi connectivity index (χ3v) is 5.22. The molecule has 1 aliphatic heterocycles. The Morgan fingerprint density at radius 3 is 1.91 bits per heavy atom. The fraction of sp³-hybridized carbons (Fsp3) is 0.773. The Kier molecular flexibility index (Phi) is 11.8. The van der Waals surface area contributed by atoms with Crippen LogP contribution < -0.4 is 26.6 Å². The molecular weight excluding hydrogens is 430 g/mol. The van der Waals surface area contributed by atoms with Crippen molar-refractivity contribution in [1.29, 1.82) is 0 Å². The van der Waals surface area contributed by atoms with Gasteiger partial charge in [-0.15, -0.1) is 0 Å². The van der Waals surface area contributed by atoms with Crippen LogP contribution >= 0.6 is 0 Å². The molecule has 1 heterocycles. The van der Waals surface area contributed by atoms with E-state index < -0.39 is 48.4 Å². The smallest absolute Gasteiger partial charge is 0.322 e. The number of carbonyl (C=O) groups excluding carboxylic acids is 4. The molecule has 6 N–H and O–H groups in total. The van der Waals surface area contributed by atoms with E-state index in [2.05, 4.69) is 26.6 Å². The predicted molar refractivity (Wildman–Crippen MR) is 122 cm³/mol. The molecule has 4 amide bonds. The molecule has 1 fully saturated rings. The van der Waals surface area contributed by atoms with Crippen LogP contribution in [0.5, 0.6) is 0 Å². The molecule has 0 radical (unpaired) electrons. The van der Waals surface area contributed by atoms with Gasteiger partial charge in [0.15, 0.2) is 0 Å². The highest BCUT2D eigenvalue weighted by molar-refractivity contribution is 5.95. The molecule has 1 rings (SSSR count). The summed E-state index contributed by atoms with van der Waals surface area (Å²) >= 11 is 0. The van der Waals surface area contributed by atoms with Crippen molar-refractivity contribution in [3.63, 3.8) is 0 Å². The summed E-state index contributed by atoms with van der Waals surface area (Å²) < 4.78 is 0. The maximum Gasteiger partial charge on any atom is 0.322 e. The van der Waals surface area contributed by atoms with E-state index in [0.29, 0.717) is 19.3 Å². The quantitative estimate of drug-likeness (QED) is 0.212. The summed E-state index contributed by atoms with van der Waals surface area (Å²) in [6.07, 6.45) is 2.32. The van der Waals surface area contributed by atoms with E-state index in [1.54, 1.807) is 0 Å². The van der Waals surface area contributed by atoms with Gasteiger partial charge in [0.25, 0.3) is 0 Å². The maximum absolute atomic E-state index is 12.8. The molecule has 0 aliphatic carbocycles. The van der Waals surface area contributed by atoms with Gasteiger partial charge in [-0.3, -0.25) is 24.0 Å². The molecule has 0 aromatic rings. The number of rotatable bonds is 13. The van der Waals surface area contributed by atoms with Crippen LogP contribution in [0.15, 0.2) is 0 Å². The largest absolute Gasteiger partial charge is 0.480 e. The van der Waals surface area contributed by atoms with Crippen LogP contribution in [0.25, 0.3) is 0 Å². The first-order valence-electron chi connectivity index (χ1n) is 11.5. The van der Waals surface area contributed by atoms with Gasteiger partial charge in [-0.05, 0) is 51.0 Å². The zero-order valence-electron chi connectivity index (χ0n) is 20.2. The summed E-state index contributed by atoms with van der Waals surface area (Å²) in [6, 6.07) is -3.01. The lowest BCUT2D eigenvalue weighted by Gasteiger charge is -2.25. The van der Waals surface area contributed by atoms with Crippen LogP contribution in [0.3, 0.4) is 0 Å². The average molecular weight is 470 g/mol. The molecule has 4 unspecified atom stereocenters. The van der Waals surface area contributed by atoms with Crippen molar-refractivity contribution in [2.75, 3.05) is 13.1 Å². The van der Waals surface area contributed by atoms with Gasteiger partial charge in [-0.2, -0.15) is 0 Å². The second kappa shape index (κ2) is 13.8. The number of amides is 4. The molecule has 33 heavy (non-hydrogen) atoms. The van der Waals surface area contributed by atoms with Crippen molar-refractivity contribution in [1.82, 2.24) is 26.6 Å². The summed E-state index contributed by atoms with van der Waals surface area (Å²) in [4.78, 5) is 61.0. The highest BCUT2D eigenvalue weighted by Crippen LogP contribution is 2.10. The molecule has 188 valence electrons. The first-order chi connectivity index (χ1) is 15.4. The van der Waals surface area contributed by atoms with Crippen molar-refractivity contribution >= 4 is 29.6 Å². The van der Waals surface area contributed by atoms with Gasteiger partial charge in [-0.25, -0.2) is 0 Å². The van der Waals surface area contributed by atoms with E-state index in [1.807, 2.05) is 27.7 Å². The highest BCUT2D eigenvalue weighted by atomic mass is 16.4. The fourth-order valence-corrected chi connectivity index (χ4v) is 3.55. The zero-order valence-corrected chi connectivity index (χ0v) is 20.2. The first-order valence-corrected chi connectivity index (χ1v) is 11.5. The fourth-order valence-electron chi connectivity index (χ4n) is 3.55. The van der Waals surface area contributed by atoms with Gasteiger partial charge in [0, 0.05) is 0 Å². The second-order valence-corrected chi connectivity index (χ2v) is 9.37. The zero-order chi connectivity index (χ0) is 25.1. The molecule has 0 aromatic carbocycles. The lowest BCUT2D eigenvalue weighted by Crippen LogP contribution is -2.57. The summed E-state index contributed by atoms with van der Waals surface area (Å²) in [7, 11) is 0. The highest BCUT2D eigenvalue weighted by Gasteiger charge is 2.30. The normalized spacial score (nSPS) is 18.3. The molecular formula is C22H39N5O6. The van der Waals surface area contributed by atoms with E-state index >= 15 is 0 Å². The Bertz CT molecular complexity index is 705. The van der Waals surface area contributed by atoms with Crippen LogP contribution in [0.2, 0.25) is 0 Å². The maximum atomic E-state index is 12.8. The third-order valence-electron chi connectivity index (χ3n) is 5.22. The lowest BCUT2D eigenvalue weighted by atomic mass is 10.0. The van der Waals surface area contributed by atoms with Crippen molar-refractivity contribution in [3.05, 3.63) is 0 Å².